The molecule has 0 saturated heterocycles. The molecule has 2 rings (SSSR count). The van der Waals surface area contributed by atoms with Crippen molar-refractivity contribution in [2.75, 3.05) is 33.0 Å². The monoisotopic (exact) mass is 670 g/mol. The highest BCUT2D eigenvalue weighted by molar-refractivity contribution is 5.95. The van der Waals surface area contributed by atoms with Crippen LogP contribution in [0.2, 0.25) is 0 Å². The zero-order chi connectivity index (χ0) is 35.4. The van der Waals surface area contributed by atoms with Crippen LogP contribution in [-0.4, -0.2) is 44.6 Å². The van der Waals surface area contributed by atoms with Crippen LogP contribution < -0.4 is 23.7 Å². The SMILES string of the molecule is CCCCCOc1cc(C(C)=O)cc(OCCCCC)c1OCCCCC.CCCCCOc1cc(OCCCCC)cc(C(C)=O)c1. The second-order valence-corrected chi connectivity index (χ2v) is 12.4. The summed E-state index contributed by atoms with van der Waals surface area (Å²) in [5.74, 6) is 3.39. The van der Waals surface area contributed by atoms with Crippen LogP contribution in [0.3, 0.4) is 0 Å². The van der Waals surface area contributed by atoms with E-state index in [2.05, 4.69) is 34.6 Å². The molecule has 0 aromatic heterocycles. The first-order valence-electron chi connectivity index (χ1n) is 18.8. The number of ketones is 2. The van der Waals surface area contributed by atoms with Gasteiger partial charge in [-0.3, -0.25) is 9.59 Å². The van der Waals surface area contributed by atoms with E-state index in [0.717, 1.165) is 95.0 Å². The number of Topliss-reactive ketones (excluding diaryl/α,β-unsaturated/α-hetero) is 2. The Morgan fingerprint density at radius 1 is 0.417 bits per heavy atom. The standard InChI is InChI=1S/C23H38O4.C18H28O3/c1-5-8-11-14-25-21-17-20(19(4)24)18-22(26-15-12-9-6-2)23(21)27-16-13-10-7-3;1-4-6-8-10-20-17-12-16(15(3)19)13-18(14-17)21-11-9-7-5-2/h17-18H,5-16H2,1-4H3;12-14H,4-11H2,1-3H3. The first-order chi connectivity index (χ1) is 23.3. The molecule has 0 N–H and O–H groups in total. The third-order valence-corrected chi connectivity index (χ3v) is 7.75. The maximum atomic E-state index is 12.0. The van der Waals surface area contributed by atoms with E-state index in [0.29, 0.717) is 61.4 Å². The number of carbonyl (C=O) groups excluding carboxylic acids is 2. The third kappa shape index (κ3) is 18.9. The summed E-state index contributed by atoms with van der Waals surface area (Å²) in [6.07, 6.45) is 16.5. The molecule has 2 aromatic rings. The van der Waals surface area contributed by atoms with Crippen molar-refractivity contribution < 1.29 is 33.3 Å². The minimum atomic E-state index is 0.00403. The Balaban J connectivity index is 0.000000495. The number of hydrogen-bond donors (Lipinski definition) is 0. The van der Waals surface area contributed by atoms with Gasteiger partial charge in [-0.25, -0.2) is 0 Å². The topological polar surface area (TPSA) is 80.3 Å². The Hall–Kier alpha value is -3.22. The van der Waals surface area contributed by atoms with Gasteiger partial charge in [0.1, 0.15) is 11.5 Å². The summed E-state index contributed by atoms with van der Waals surface area (Å²) in [6.45, 7) is 17.2. The number of carbonyl (C=O) groups is 2. The maximum absolute atomic E-state index is 12.0. The van der Waals surface area contributed by atoms with Crippen LogP contribution in [0.1, 0.15) is 165 Å². The largest absolute Gasteiger partial charge is 0.493 e. The van der Waals surface area contributed by atoms with Gasteiger partial charge >= 0.3 is 0 Å². The van der Waals surface area contributed by atoms with Crippen molar-refractivity contribution in [1.29, 1.82) is 0 Å². The van der Waals surface area contributed by atoms with Gasteiger partial charge in [0.25, 0.3) is 0 Å². The summed E-state index contributed by atoms with van der Waals surface area (Å²) in [5.41, 5.74) is 1.25. The van der Waals surface area contributed by atoms with E-state index in [-0.39, 0.29) is 11.6 Å². The fourth-order valence-electron chi connectivity index (χ4n) is 4.76. The summed E-state index contributed by atoms with van der Waals surface area (Å²) in [5, 5.41) is 0. The Morgan fingerprint density at radius 3 is 1.06 bits per heavy atom. The zero-order valence-electron chi connectivity index (χ0n) is 31.4. The summed E-state index contributed by atoms with van der Waals surface area (Å²) < 4.78 is 29.5. The van der Waals surface area contributed by atoms with Crippen molar-refractivity contribution in [3.8, 4) is 28.7 Å². The Morgan fingerprint density at radius 2 is 0.729 bits per heavy atom. The van der Waals surface area contributed by atoms with Crippen LogP contribution in [0.5, 0.6) is 28.7 Å². The molecule has 272 valence electrons. The molecule has 7 heteroatoms. The molecule has 0 unspecified atom stereocenters. The van der Waals surface area contributed by atoms with Crippen molar-refractivity contribution in [3.63, 3.8) is 0 Å². The zero-order valence-corrected chi connectivity index (χ0v) is 31.4. The Bertz CT molecular complexity index is 1080. The molecule has 0 saturated carbocycles. The highest BCUT2D eigenvalue weighted by Gasteiger charge is 2.17. The molecular formula is C41H66O7. The first kappa shape index (κ1) is 42.8. The van der Waals surface area contributed by atoms with E-state index in [4.69, 9.17) is 23.7 Å². The van der Waals surface area contributed by atoms with Crippen molar-refractivity contribution in [2.24, 2.45) is 0 Å². The van der Waals surface area contributed by atoms with Gasteiger partial charge in [0.05, 0.1) is 33.0 Å². The maximum Gasteiger partial charge on any atom is 0.203 e. The minimum absolute atomic E-state index is 0.00403. The lowest BCUT2D eigenvalue weighted by Gasteiger charge is -2.18. The van der Waals surface area contributed by atoms with E-state index < -0.39 is 0 Å². The van der Waals surface area contributed by atoms with Crippen LogP contribution in [0.25, 0.3) is 0 Å². The molecule has 2 aromatic carbocycles. The average Bonchev–Trinajstić information content (AvgIpc) is 3.08. The van der Waals surface area contributed by atoms with E-state index in [1.54, 1.807) is 38.1 Å². The second-order valence-electron chi connectivity index (χ2n) is 12.4. The molecule has 48 heavy (non-hydrogen) atoms. The lowest BCUT2D eigenvalue weighted by molar-refractivity contribution is 0.100. The van der Waals surface area contributed by atoms with E-state index in [1.165, 1.54) is 12.8 Å². The molecule has 0 aliphatic heterocycles. The third-order valence-electron chi connectivity index (χ3n) is 7.75. The molecule has 0 bridgehead atoms. The lowest BCUT2D eigenvalue weighted by Crippen LogP contribution is -2.08. The van der Waals surface area contributed by atoms with E-state index in [1.807, 2.05) is 6.07 Å². The summed E-state index contributed by atoms with van der Waals surface area (Å²) in [6, 6.07) is 9.06. The molecule has 0 heterocycles. The number of unbranched alkanes of at least 4 members (excludes halogenated alkanes) is 10. The Kier molecular flexibility index (Phi) is 24.7. The van der Waals surface area contributed by atoms with Gasteiger partial charge in [0, 0.05) is 17.2 Å². The number of rotatable bonds is 27. The number of benzene rings is 2. The van der Waals surface area contributed by atoms with Crippen LogP contribution in [0.4, 0.5) is 0 Å². The quantitative estimate of drug-likeness (QED) is 0.0691. The predicted molar refractivity (Wildman–Crippen MR) is 198 cm³/mol. The van der Waals surface area contributed by atoms with Crippen LogP contribution >= 0.6 is 0 Å². The molecule has 0 amide bonds. The predicted octanol–water partition coefficient (Wildman–Crippen LogP) is 11.6. The first-order valence-corrected chi connectivity index (χ1v) is 18.8. The molecule has 0 aliphatic rings. The smallest absolute Gasteiger partial charge is 0.203 e. The number of hydrogen-bond acceptors (Lipinski definition) is 7. The van der Waals surface area contributed by atoms with Gasteiger partial charge in [0.15, 0.2) is 23.1 Å². The van der Waals surface area contributed by atoms with Crippen molar-refractivity contribution in [3.05, 3.63) is 41.5 Å². The average molecular weight is 671 g/mol. The fourth-order valence-corrected chi connectivity index (χ4v) is 4.76. The lowest BCUT2D eigenvalue weighted by atomic mass is 10.1. The van der Waals surface area contributed by atoms with Crippen LogP contribution in [-0.2, 0) is 0 Å². The van der Waals surface area contributed by atoms with Gasteiger partial charge in [-0.15, -0.1) is 0 Å². The molecular weight excluding hydrogens is 604 g/mol. The molecule has 0 spiro atoms. The highest BCUT2D eigenvalue weighted by Crippen LogP contribution is 2.39. The van der Waals surface area contributed by atoms with Gasteiger partial charge in [0.2, 0.25) is 5.75 Å². The second kappa shape index (κ2) is 27.7. The minimum Gasteiger partial charge on any atom is -0.493 e. The fraction of sp³-hybridized carbons (Fsp3) is 0.659. The molecule has 0 fully saturated rings. The van der Waals surface area contributed by atoms with Crippen molar-refractivity contribution >= 4 is 11.6 Å². The van der Waals surface area contributed by atoms with Gasteiger partial charge in [-0.05, 0) is 70.2 Å². The molecule has 0 atom stereocenters. The highest BCUT2D eigenvalue weighted by atomic mass is 16.5. The van der Waals surface area contributed by atoms with E-state index >= 15 is 0 Å². The van der Waals surface area contributed by atoms with Crippen LogP contribution in [0.15, 0.2) is 30.3 Å². The summed E-state index contributed by atoms with van der Waals surface area (Å²) in [7, 11) is 0. The van der Waals surface area contributed by atoms with Gasteiger partial charge in [-0.2, -0.15) is 0 Å². The van der Waals surface area contributed by atoms with Crippen LogP contribution in [0, 0.1) is 0 Å². The molecule has 0 radical (unpaired) electrons. The molecule has 0 aliphatic carbocycles. The van der Waals surface area contributed by atoms with Gasteiger partial charge < -0.3 is 23.7 Å². The van der Waals surface area contributed by atoms with Crippen molar-refractivity contribution in [2.45, 2.75) is 145 Å². The van der Waals surface area contributed by atoms with Gasteiger partial charge in [-0.1, -0.05) is 98.8 Å². The number of ether oxygens (including phenoxy) is 5. The Labute approximate surface area is 292 Å². The summed E-state index contributed by atoms with van der Waals surface area (Å²) in [4.78, 5) is 23.6. The molecule has 7 nitrogen and oxygen atoms in total. The normalized spacial score (nSPS) is 10.6. The van der Waals surface area contributed by atoms with E-state index in [9.17, 15) is 9.59 Å². The summed E-state index contributed by atoms with van der Waals surface area (Å²) >= 11 is 0. The van der Waals surface area contributed by atoms with Crippen molar-refractivity contribution in [1.82, 2.24) is 0 Å².